The number of nitrogens with two attached hydrogens (primary N) is 1. The van der Waals surface area contributed by atoms with Crippen molar-refractivity contribution in [3.63, 3.8) is 0 Å². The van der Waals surface area contributed by atoms with Gasteiger partial charge in [0.2, 0.25) is 0 Å². The normalized spacial score (nSPS) is 8.29. The monoisotopic (exact) mass is 116 g/mol. The summed E-state index contributed by atoms with van der Waals surface area (Å²) in [4.78, 5) is 0.586. The molecule has 0 bridgehead atoms. The summed E-state index contributed by atoms with van der Waals surface area (Å²) >= 11 is 4.61. The van der Waals surface area contributed by atoms with Crippen LogP contribution in [-0.2, 0) is 0 Å². The maximum absolute atomic E-state index is 6.93. The van der Waals surface area contributed by atoms with Gasteiger partial charge in [-0.25, -0.2) is 0 Å². The highest BCUT2D eigenvalue weighted by Gasteiger charge is 1.90. The van der Waals surface area contributed by atoms with Gasteiger partial charge < -0.3 is 11.1 Å². The van der Waals surface area contributed by atoms with Gasteiger partial charge in [0.05, 0.1) is 5.71 Å². The molecule has 0 aliphatic rings. The van der Waals surface area contributed by atoms with Crippen LogP contribution in [0.3, 0.4) is 0 Å². The van der Waals surface area contributed by atoms with Gasteiger partial charge >= 0.3 is 0 Å². The predicted molar refractivity (Wildman–Crippen MR) is 35.1 cm³/mol. The van der Waals surface area contributed by atoms with Crippen LogP contribution in [0.4, 0.5) is 0 Å². The SMILES string of the molecule is CC(=S)C(=N)CN. The Labute approximate surface area is 48.2 Å². The summed E-state index contributed by atoms with van der Waals surface area (Å²) in [5, 5.41) is 6.93. The second-order valence-electron chi connectivity index (χ2n) is 1.24. The van der Waals surface area contributed by atoms with E-state index >= 15 is 0 Å². The topological polar surface area (TPSA) is 49.9 Å². The van der Waals surface area contributed by atoms with E-state index in [-0.39, 0.29) is 6.54 Å². The molecule has 0 unspecified atom stereocenters. The zero-order valence-electron chi connectivity index (χ0n) is 4.19. The largest absolute Gasteiger partial charge is 0.325 e. The molecular weight excluding hydrogens is 108 g/mol. The fourth-order valence-corrected chi connectivity index (χ4v) is 0.227. The highest BCUT2D eigenvalue weighted by Crippen LogP contribution is 1.74. The van der Waals surface area contributed by atoms with E-state index in [9.17, 15) is 0 Å². The first kappa shape index (κ1) is 6.72. The maximum atomic E-state index is 6.93. The van der Waals surface area contributed by atoms with Crippen LogP contribution in [0.5, 0.6) is 0 Å². The number of nitrogens with one attached hydrogen (secondary N) is 1. The fourth-order valence-electron chi connectivity index (χ4n) is 0.144. The first-order valence-corrected chi connectivity index (χ1v) is 2.37. The molecule has 2 nitrogen and oxygen atoms in total. The van der Waals surface area contributed by atoms with Crippen molar-refractivity contribution in [3.05, 3.63) is 0 Å². The van der Waals surface area contributed by atoms with Crippen molar-refractivity contribution in [3.8, 4) is 0 Å². The van der Waals surface area contributed by atoms with Gasteiger partial charge in [-0.1, -0.05) is 12.2 Å². The molecule has 0 radical (unpaired) electrons. The molecule has 0 aliphatic heterocycles. The Balaban J connectivity index is 3.58. The molecule has 0 heterocycles. The van der Waals surface area contributed by atoms with Crippen LogP contribution in [0.1, 0.15) is 6.92 Å². The van der Waals surface area contributed by atoms with Crippen LogP contribution in [0.2, 0.25) is 0 Å². The Morgan fingerprint density at radius 3 is 2.29 bits per heavy atom. The third-order valence-electron chi connectivity index (χ3n) is 0.629. The van der Waals surface area contributed by atoms with Gasteiger partial charge in [0.25, 0.3) is 0 Å². The van der Waals surface area contributed by atoms with Gasteiger partial charge in [-0.3, -0.25) is 0 Å². The number of thiocarbonyl (C=S) groups is 1. The summed E-state index contributed by atoms with van der Waals surface area (Å²) in [5.41, 5.74) is 5.42. The molecule has 0 aromatic heterocycles. The Morgan fingerprint density at radius 1 is 1.86 bits per heavy atom. The van der Waals surface area contributed by atoms with E-state index in [1.54, 1.807) is 6.92 Å². The molecule has 0 rings (SSSR count). The zero-order valence-corrected chi connectivity index (χ0v) is 5.01. The molecule has 0 atom stereocenters. The molecule has 0 spiro atoms. The molecule has 0 aromatic rings. The third kappa shape index (κ3) is 2.42. The van der Waals surface area contributed by atoms with Gasteiger partial charge in [0, 0.05) is 11.4 Å². The Morgan fingerprint density at radius 2 is 2.29 bits per heavy atom. The number of hydrogen-bond donors (Lipinski definition) is 2. The second-order valence-corrected chi connectivity index (χ2v) is 1.85. The van der Waals surface area contributed by atoms with Crippen LogP contribution in [0.15, 0.2) is 0 Å². The molecule has 3 heteroatoms. The molecule has 0 aliphatic carbocycles. The van der Waals surface area contributed by atoms with Crippen molar-refractivity contribution in [1.29, 1.82) is 5.41 Å². The van der Waals surface area contributed by atoms with Crippen molar-refractivity contribution in [2.45, 2.75) is 6.92 Å². The minimum absolute atomic E-state index is 0.259. The van der Waals surface area contributed by atoms with Gasteiger partial charge in [-0.2, -0.15) is 0 Å². The summed E-state index contributed by atoms with van der Waals surface area (Å²) in [5.74, 6) is 0. The van der Waals surface area contributed by atoms with Crippen molar-refractivity contribution in [2.24, 2.45) is 5.73 Å². The molecule has 7 heavy (non-hydrogen) atoms. The number of hydrogen-bond acceptors (Lipinski definition) is 3. The first-order valence-electron chi connectivity index (χ1n) is 1.97. The van der Waals surface area contributed by atoms with Crippen molar-refractivity contribution in [1.82, 2.24) is 0 Å². The minimum atomic E-state index is 0.259. The average Bonchev–Trinajstić information content (AvgIpc) is 1.65. The van der Waals surface area contributed by atoms with E-state index in [2.05, 4.69) is 12.2 Å². The predicted octanol–water partition coefficient (Wildman–Crippen LogP) is 0.355. The van der Waals surface area contributed by atoms with Gasteiger partial charge in [0.1, 0.15) is 0 Å². The molecule has 3 N–H and O–H groups in total. The fraction of sp³-hybridized carbons (Fsp3) is 0.500. The van der Waals surface area contributed by atoms with Gasteiger partial charge in [0.15, 0.2) is 0 Å². The van der Waals surface area contributed by atoms with E-state index in [0.29, 0.717) is 10.6 Å². The molecule has 0 aromatic carbocycles. The average molecular weight is 116 g/mol. The zero-order chi connectivity index (χ0) is 5.86. The van der Waals surface area contributed by atoms with Crippen molar-refractivity contribution in [2.75, 3.05) is 6.54 Å². The summed E-state index contributed by atoms with van der Waals surface area (Å²) in [6, 6.07) is 0. The summed E-state index contributed by atoms with van der Waals surface area (Å²) < 4.78 is 0. The quantitative estimate of drug-likeness (QED) is 0.404. The van der Waals surface area contributed by atoms with Crippen LogP contribution in [0, 0.1) is 5.41 Å². The molecule has 0 saturated carbocycles. The number of rotatable bonds is 2. The summed E-state index contributed by atoms with van der Waals surface area (Å²) in [6.07, 6.45) is 0. The maximum Gasteiger partial charge on any atom is 0.0586 e. The lowest BCUT2D eigenvalue weighted by Gasteiger charge is -1.90. The minimum Gasteiger partial charge on any atom is -0.325 e. The molecule has 0 fully saturated rings. The Bertz CT molecular complexity index is 97.9. The van der Waals surface area contributed by atoms with E-state index in [4.69, 9.17) is 11.1 Å². The third-order valence-corrected chi connectivity index (χ3v) is 0.876. The molecule has 0 amide bonds. The molecule has 40 valence electrons. The van der Waals surface area contributed by atoms with Crippen LogP contribution in [-0.4, -0.2) is 17.1 Å². The highest BCUT2D eigenvalue weighted by molar-refractivity contribution is 7.82. The molecule has 0 saturated heterocycles. The van der Waals surface area contributed by atoms with Crippen LogP contribution in [0.25, 0.3) is 0 Å². The lowest BCUT2D eigenvalue weighted by Crippen LogP contribution is -2.18. The first-order chi connectivity index (χ1) is 3.18. The summed E-state index contributed by atoms with van der Waals surface area (Å²) in [6.45, 7) is 1.96. The van der Waals surface area contributed by atoms with Crippen LogP contribution < -0.4 is 5.73 Å². The lowest BCUT2D eigenvalue weighted by molar-refractivity contribution is 1.29. The Kier molecular flexibility index (Phi) is 2.71. The van der Waals surface area contributed by atoms with Crippen molar-refractivity contribution < 1.29 is 0 Å². The Hall–Kier alpha value is -0.280. The van der Waals surface area contributed by atoms with E-state index in [1.807, 2.05) is 0 Å². The van der Waals surface area contributed by atoms with Gasteiger partial charge in [-0.15, -0.1) is 0 Å². The van der Waals surface area contributed by atoms with E-state index in [1.165, 1.54) is 0 Å². The summed E-state index contributed by atoms with van der Waals surface area (Å²) in [7, 11) is 0. The van der Waals surface area contributed by atoms with E-state index < -0.39 is 0 Å². The second kappa shape index (κ2) is 2.82. The smallest absolute Gasteiger partial charge is 0.0586 e. The van der Waals surface area contributed by atoms with Crippen molar-refractivity contribution >= 4 is 22.8 Å². The standard InChI is InChI=1S/C4H8N2S/c1-3(7)4(6)2-5/h6H,2,5H2,1H3. The van der Waals surface area contributed by atoms with Crippen LogP contribution >= 0.6 is 12.2 Å². The highest BCUT2D eigenvalue weighted by atomic mass is 32.1. The molecular formula is C4H8N2S. The van der Waals surface area contributed by atoms with E-state index in [0.717, 1.165) is 0 Å². The lowest BCUT2D eigenvalue weighted by atomic mass is 10.3. The van der Waals surface area contributed by atoms with Gasteiger partial charge in [-0.05, 0) is 6.92 Å².